The second-order valence-electron chi connectivity index (χ2n) is 6.36. The summed E-state index contributed by atoms with van der Waals surface area (Å²) in [7, 11) is 1.47. The van der Waals surface area contributed by atoms with Crippen LogP contribution in [0.25, 0.3) is 6.08 Å². The van der Waals surface area contributed by atoms with Crippen LogP contribution in [-0.2, 0) is 4.79 Å². The molecule has 0 radical (unpaired) electrons. The highest BCUT2D eigenvalue weighted by molar-refractivity contribution is 6.06. The van der Waals surface area contributed by atoms with Gasteiger partial charge in [-0.05, 0) is 60.2 Å². The first-order valence-electron chi connectivity index (χ1n) is 9.22. The second-order valence-corrected chi connectivity index (χ2v) is 6.36. The summed E-state index contributed by atoms with van der Waals surface area (Å²) in [6, 6.07) is 20.5. The van der Waals surface area contributed by atoms with E-state index in [4.69, 9.17) is 9.47 Å². The molecule has 3 rings (SSSR count). The van der Waals surface area contributed by atoms with Crippen LogP contribution in [0, 0.1) is 0 Å². The third-order valence-electron chi connectivity index (χ3n) is 4.20. The lowest BCUT2D eigenvalue weighted by molar-refractivity contribution is -0.118. The Bertz CT molecular complexity index is 1040. The van der Waals surface area contributed by atoms with Gasteiger partial charge in [0.15, 0.2) is 23.9 Å². The first-order valence-corrected chi connectivity index (χ1v) is 9.22. The smallest absolute Gasteiger partial charge is 0.262 e. The largest absolute Gasteiger partial charge is 0.504 e. The van der Waals surface area contributed by atoms with Gasteiger partial charge in [-0.3, -0.25) is 9.59 Å². The quantitative estimate of drug-likeness (QED) is 0.432. The van der Waals surface area contributed by atoms with Crippen LogP contribution in [0.3, 0.4) is 0 Å². The molecule has 2 N–H and O–H groups in total. The number of aromatic hydroxyl groups is 1. The van der Waals surface area contributed by atoms with Crippen molar-refractivity contribution in [1.29, 1.82) is 0 Å². The lowest BCUT2D eigenvalue weighted by Gasteiger charge is -2.07. The average Bonchev–Trinajstić information content (AvgIpc) is 2.77. The van der Waals surface area contributed by atoms with Crippen LogP contribution in [0.1, 0.15) is 15.9 Å². The lowest BCUT2D eigenvalue weighted by Crippen LogP contribution is -2.20. The average molecular weight is 403 g/mol. The fraction of sp³-hybridized carbons (Fsp3) is 0.0833. The van der Waals surface area contributed by atoms with Crippen molar-refractivity contribution in [3.63, 3.8) is 0 Å². The summed E-state index contributed by atoms with van der Waals surface area (Å²) in [6.45, 7) is -0.136. The van der Waals surface area contributed by atoms with Gasteiger partial charge in [0.05, 0.1) is 7.11 Å². The predicted molar refractivity (Wildman–Crippen MR) is 115 cm³/mol. The van der Waals surface area contributed by atoms with Crippen molar-refractivity contribution >= 4 is 23.5 Å². The molecule has 3 aromatic rings. The number of rotatable bonds is 8. The van der Waals surface area contributed by atoms with E-state index in [1.165, 1.54) is 19.3 Å². The number of anilines is 1. The SMILES string of the molecule is COc1ccc(/C=C/C(=O)c2ccc(OCC(=O)Nc3ccccc3)cc2)cc1O. The molecule has 3 aromatic carbocycles. The number of phenolic OH excluding ortho intramolecular Hbond substituents is 1. The maximum atomic E-state index is 12.3. The Morgan fingerprint density at radius 1 is 1.00 bits per heavy atom. The van der Waals surface area contributed by atoms with Crippen LogP contribution in [0.2, 0.25) is 0 Å². The predicted octanol–water partition coefficient (Wildman–Crippen LogP) is 4.31. The molecule has 0 unspecified atom stereocenters. The maximum Gasteiger partial charge on any atom is 0.262 e. The number of hydrogen-bond donors (Lipinski definition) is 2. The topological polar surface area (TPSA) is 84.9 Å². The van der Waals surface area contributed by atoms with Crippen molar-refractivity contribution in [3.05, 3.63) is 90.0 Å². The molecule has 6 nitrogen and oxygen atoms in total. The molecule has 0 aliphatic heterocycles. The van der Waals surface area contributed by atoms with Crippen molar-refractivity contribution in [3.8, 4) is 17.2 Å². The Morgan fingerprint density at radius 2 is 1.73 bits per heavy atom. The van der Waals surface area contributed by atoms with E-state index in [9.17, 15) is 14.7 Å². The van der Waals surface area contributed by atoms with E-state index in [0.29, 0.717) is 28.3 Å². The van der Waals surface area contributed by atoms with Crippen LogP contribution >= 0.6 is 0 Å². The molecule has 6 heteroatoms. The van der Waals surface area contributed by atoms with Crippen molar-refractivity contribution in [2.75, 3.05) is 19.0 Å². The summed E-state index contributed by atoms with van der Waals surface area (Å²) in [5, 5.41) is 12.5. The van der Waals surface area contributed by atoms with Crippen LogP contribution < -0.4 is 14.8 Å². The number of allylic oxidation sites excluding steroid dienone is 1. The van der Waals surface area contributed by atoms with Gasteiger partial charge in [-0.15, -0.1) is 0 Å². The van der Waals surface area contributed by atoms with Crippen molar-refractivity contribution in [1.82, 2.24) is 0 Å². The Balaban J connectivity index is 1.53. The number of ether oxygens (including phenoxy) is 2. The fourth-order valence-corrected chi connectivity index (χ4v) is 2.66. The second kappa shape index (κ2) is 9.93. The molecule has 152 valence electrons. The molecular weight excluding hydrogens is 382 g/mol. The molecule has 1 amide bonds. The zero-order valence-electron chi connectivity index (χ0n) is 16.4. The number of hydrogen-bond acceptors (Lipinski definition) is 5. The molecule has 0 aliphatic rings. The Kier molecular flexibility index (Phi) is 6.84. The molecule has 0 aromatic heterocycles. The van der Waals surface area contributed by atoms with Crippen molar-refractivity contribution < 1.29 is 24.2 Å². The standard InChI is InChI=1S/C24H21NO5/c1-29-23-14-8-17(15-22(23)27)7-13-21(26)18-9-11-20(12-10-18)30-16-24(28)25-19-5-3-2-4-6-19/h2-15,27H,16H2,1H3,(H,25,28)/b13-7+. The van der Waals surface area contributed by atoms with Gasteiger partial charge in [-0.2, -0.15) is 0 Å². The van der Waals surface area contributed by atoms with Crippen LogP contribution in [0.15, 0.2) is 78.9 Å². The molecule has 0 bridgehead atoms. The number of benzene rings is 3. The number of amides is 1. The minimum Gasteiger partial charge on any atom is -0.504 e. The van der Waals surface area contributed by atoms with Gasteiger partial charge in [0.25, 0.3) is 5.91 Å². The molecule has 0 heterocycles. The minimum absolute atomic E-state index is 0.00454. The maximum absolute atomic E-state index is 12.3. The Morgan fingerprint density at radius 3 is 2.40 bits per heavy atom. The summed E-state index contributed by atoms with van der Waals surface area (Å²) in [4.78, 5) is 24.2. The van der Waals surface area contributed by atoms with Gasteiger partial charge < -0.3 is 19.9 Å². The monoisotopic (exact) mass is 403 g/mol. The third kappa shape index (κ3) is 5.72. The Hall–Kier alpha value is -4.06. The molecule has 0 atom stereocenters. The molecule has 0 aliphatic carbocycles. The number of nitrogens with one attached hydrogen (secondary N) is 1. The summed E-state index contributed by atoms with van der Waals surface area (Å²) in [5.74, 6) is 0.390. The summed E-state index contributed by atoms with van der Waals surface area (Å²) >= 11 is 0. The number of ketones is 1. The number of phenols is 1. The molecule has 0 saturated carbocycles. The van der Waals surface area contributed by atoms with Crippen LogP contribution in [-0.4, -0.2) is 30.5 Å². The highest BCUT2D eigenvalue weighted by Crippen LogP contribution is 2.26. The van der Waals surface area contributed by atoms with Gasteiger partial charge in [-0.25, -0.2) is 0 Å². The number of carbonyl (C=O) groups excluding carboxylic acids is 2. The first kappa shape index (κ1) is 20.7. The molecule has 0 fully saturated rings. The molecular formula is C24H21NO5. The van der Waals surface area contributed by atoms with Crippen molar-refractivity contribution in [2.24, 2.45) is 0 Å². The van der Waals surface area contributed by atoms with Crippen LogP contribution in [0.4, 0.5) is 5.69 Å². The highest BCUT2D eigenvalue weighted by Gasteiger charge is 2.06. The lowest BCUT2D eigenvalue weighted by atomic mass is 10.1. The van der Waals surface area contributed by atoms with E-state index in [1.807, 2.05) is 18.2 Å². The number of methoxy groups -OCH3 is 1. The zero-order chi connectivity index (χ0) is 21.3. The summed E-state index contributed by atoms with van der Waals surface area (Å²) < 4.78 is 10.5. The highest BCUT2D eigenvalue weighted by atomic mass is 16.5. The van der Waals surface area contributed by atoms with E-state index in [1.54, 1.807) is 54.6 Å². The van der Waals surface area contributed by atoms with E-state index < -0.39 is 0 Å². The van der Waals surface area contributed by atoms with E-state index in [2.05, 4.69) is 5.32 Å². The summed E-state index contributed by atoms with van der Waals surface area (Å²) in [5.41, 5.74) is 1.85. The fourth-order valence-electron chi connectivity index (χ4n) is 2.66. The zero-order valence-corrected chi connectivity index (χ0v) is 16.4. The summed E-state index contributed by atoms with van der Waals surface area (Å²) in [6.07, 6.45) is 3.03. The van der Waals surface area contributed by atoms with E-state index in [0.717, 1.165) is 0 Å². The van der Waals surface area contributed by atoms with Gasteiger partial charge in [0, 0.05) is 11.3 Å². The minimum atomic E-state index is -0.271. The third-order valence-corrected chi connectivity index (χ3v) is 4.20. The van der Waals surface area contributed by atoms with Gasteiger partial charge in [-0.1, -0.05) is 30.3 Å². The normalized spacial score (nSPS) is 10.6. The number of carbonyl (C=O) groups is 2. The first-order chi connectivity index (χ1) is 14.5. The van der Waals surface area contributed by atoms with E-state index in [-0.39, 0.29) is 24.0 Å². The van der Waals surface area contributed by atoms with E-state index >= 15 is 0 Å². The van der Waals surface area contributed by atoms with Gasteiger partial charge in [0.1, 0.15) is 5.75 Å². The van der Waals surface area contributed by atoms with Gasteiger partial charge in [0.2, 0.25) is 0 Å². The number of para-hydroxylation sites is 1. The molecule has 30 heavy (non-hydrogen) atoms. The Labute approximate surface area is 174 Å². The molecule has 0 spiro atoms. The van der Waals surface area contributed by atoms with Crippen LogP contribution in [0.5, 0.6) is 17.2 Å². The van der Waals surface area contributed by atoms with Gasteiger partial charge >= 0.3 is 0 Å². The van der Waals surface area contributed by atoms with Crippen molar-refractivity contribution in [2.45, 2.75) is 0 Å². The molecule has 0 saturated heterocycles.